The Morgan fingerprint density at radius 1 is 1.08 bits per heavy atom. The van der Waals surface area contributed by atoms with Crippen LogP contribution in [0.3, 0.4) is 0 Å². The van der Waals surface area contributed by atoms with Crippen LogP contribution >= 0.6 is 11.6 Å². The first-order valence-corrected chi connectivity index (χ1v) is 7.49. The Kier molecular flexibility index (Phi) is 5.56. The molecule has 0 unspecified atom stereocenters. The van der Waals surface area contributed by atoms with Crippen molar-refractivity contribution in [1.82, 2.24) is 10.9 Å². The highest BCUT2D eigenvalue weighted by Gasteiger charge is 2.16. The maximum Gasteiger partial charge on any atom is 0.271 e. The SMILES string of the molecule is CN(C)c1cccc(C(=O)NNC(=O)c2cc([N+](=O)[O-])ccc2Cl)c1. The van der Waals surface area contributed by atoms with E-state index in [1.54, 1.807) is 18.2 Å². The Morgan fingerprint density at radius 2 is 1.76 bits per heavy atom. The molecular weight excluding hydrogens is 348 g/mol. The van der Waals surface area contributed by atoms with Crippen molar-refractivity contribution < 1.29 is 14.5 Å². The number of nitrogens with zero attached hydrogens (tertiary/aromatic N) is 2. The summed E-state index contributed by atoms with van der Waals surface area (Å²) in [7, 11) is 3.67. The highest BCUT2D eigenvalue weighted by Crippen LogP contribution is 2.21. The van der Waals surface area contributed by atoms with Gasteiger partial charge in [0, 0.05) is 37.5 Å². The number of anilines is 1. The van der Waals surface area contributed by atoms with Crippen LogP contribution in [0, 0.1) is 10.1 Å². The second-order valence-corrected chi connectivity index (χ2v) is 5.68. The summed E-state index contributed by atoms with van der Waals surface area (Å²) in [6.45, 7) is 0. The monoisotopic (exact) mass is 362 g/mol. The van der Waals surface area contributed by atoms with Crippen molar-refractivity contribution in [2.45, 2.75) is 0 Å². The molecule has 0 aliphatic heterocycles. The number of rotatable bonds is 4. The number of hydrogen-bond acceptors (Lipinski definition) is 5. The van der Waals surface area contributed by atoms with Crippen LogP contribution in [-0.4, -0.2) is 30.8 Å². The number of non-ortho nitro benzene ring substituents is 1. The summed E-state index contributed by atoms with van der Waals surface area (Å²) in [5, 5.41) is 10.8. The number of benzene rings is 2. The maximum atomic E-state index is 12.1. The van der Waals surface area contributed by atoms with E-state index in [1.807, 2.05) is 25.1 Å². The first-order chi connectivity index (χ1) is 11.8. The molecule has 0 aliphatic rings. The molecule has 2 N–H and O–H groups in total. The first-order valence-electron chi connectivity index (χ1n) is 7.11. The van der Waals surface area contributed by atoms with Crippen molar-refractivity contribution in [1.29, 1.82) is 0 Å². The van der Waals surface area contributed by atoms with Gasteiger partial charge in [0.25, 0.3) is 17.5 Å². The van der Waals surface area contributed by atoms with Crippen LogP contribution in [0.2, 0.25) is 5.02 Å². The van der Waals surface area contributed by atoms with Gasteiger partial charge in [0.05, 0.1) is 15.5 Å². The molecule has 0 aromatic heterocycles. The molecule has 0 aliphatic carbocycles. The van der Waals surface area contributed by atoms with Crippen LogP contribution < -0.4 is 15.8 Å². The lowest BCUT2D eigenvalue weighted by molar-refractivity contribution is -0.384. The second kappa shape index (κ2) is 7.63. The summed E-state index contributed by atoms with van der Waals surface area (Å²) < 4.78 is 0. The van der Waals surface area contributed by atoms with Crippen molar-refractivity contribution in [3.05, 3.63) is 68.7 Å². The summed E-state index contributed by atoms with van der Waals surface area (Å²) in [6, 6.07) is 10.3. The van der Waals surface area contributed by atoms with E-state index in [-0.39, 0.29) is 16.3 Å². The molecule has 0 atom stereocenters. The second-order valence-electron chi connectivity index (χ2n) is 5.27. The lowest BCUT2D eigenvalue weighted by atomic mass is 10.2. The Labute approximate surface area is 148 Å². The predicted molar refractivity (Wildman–Crippen MR) is 93.8 cm³/mol. The third-order valence-corrected chi connectivity index (χ3v) is 3.65. The fraction of sp³-hybridized carbons (Fsp3) is 0.125. The average molecular weight is 363 g/mol. The van der Waals surface area contributed by atoms with Crippen LogP contribution in [0.5, 0.6) is 0 Å². The van der Waals surface area contributed by atoms with E-state index in [0.717, 1.165) is 11.8 Å². The molecule has 9 heteroatoms. The smallest absolute Gasteiger partial charge is 0.271 e. The Bertz CT molecular complexity index is 839. The van der Waals surface area contributed by atoms with Gasteiger partial charge >= 0.3 is 0 Å². The molecule has 2 rings (SSSR count). The molecule has 0 heterocycles. The van der Waals surface area contributed by atoms with Gasteiger partial charge in [0.2, 0.25) is 0 Å². The number of nitrogens with one attached hydrogen (secondary N) is 2. The molecule has 130 valence electrons. The van der Waals surface area contributed by atoms with Crippen molar-refractivity contribution in [3.8, 4) is 0 Å². The van der Waals surface area contributed by atoms with Crippen LogP contribution in [0.15, 0.2) is 42.5 Å². The third-order valence-electron chi connectivity index (χ3n) is 3.32. The maximum absolute atomic E-state index is 12.1. The van der Waals surface area contributed by atoms with Crippen LogP contribution in [0.1, 0.15) is 20.7 Å². The number of carbonyl (C=O) groups excluding carboxylic acids is 2. The van der Waals surface area contributed by atoms with Gasteiger partial charge in [-0.2, -0.15) is 0 Å². The number of nitro benzene ring substituents is 1. The van der Waals surface area contributed by atoms with Crippen LogP contribution in [0.4, 0.5) is 11.4 Å². The molecular formula is C16H15ClN4O4. The third kappa shape index (κ3) is 4.45. The Hall–Kier alpha value is -3.13. The number of carbonyl (C=O) groups is 2. The van der Waals surface area contributed by atoms with Crippen molar-refractivity contribution in [3.63, 3.8) is 0 Å². The molecule has 2 aromatic rings. The molecule has 2 amide bonds. The number of hydrazine groups is 1. The molecule has 0 bridgehead atoms. The van der Waals surface area contributed by atoms with Crippen molar-refractivity contribution >= 4 is 34.8 Å². The van der Waals surface area contributed by atoms with Gasteiger partial charge in [0.15, 0.2) is 0 Å². The van der Waals surface area contributed by atoms with E-state index in [2.05, 4.69) is 10.9 Å². The fourth-order valence-electron chi connectivity index (χ4n) is 1.98. The van der Waals surface area contributed by atoms with Gasteiger partial charge in [-0.25, -0.2) is 0 Å². The zero-order valence-corrected chi connectivity index (χ0v) is 14.2. The van der Waals surface area contributed by atoms with E-state index in [9.17, 15) is 19.7 Å². The minimum absolute atomic E-state index is 0.0342. The number of hydrogen-bond donors (Lipinski definition) is 2. The lowest BCUT2D eigenvalue weighted by Gasteiger charge is -2.14. The quantitative estimate of drug-likeness (QED) is 0.641. The van der Waals surface area contributed by atoms with Crippen LogP contribution in [0.25, 0.3) is 0 Å². The summed E-state index contributed by atoms with van der Waals surface area (Å²) >= 11 is 5.88. The van der Waals surface area contributed by atoms with E-state index < -0.39 is 16.7 Å². The van der Waals surface area contributed by atoms with Gasteiger partial charge in [-0.3, -0.25) is 30.6 Å². The molecule has 0 radical (unpaired) electrons. The lowest BCUT2D eigenvalue weighted by Crippen LogP contribution is -2.41. The molecule has 0 saturated heterocycles. The minimum Gasteiger partial charge on any atom is -0.378 e. The van der Waals surface area contributed by atoms with Gasteiger partial charge in [0.1, 0.15) is 0 Å². The Balaban J connectivity index is 2.09. The molecule has 0 fully saturated rings. The predicted octanol–water partition coefficient (Wildman–Crippen LogP) is 2.39. The highest BCUT2D eigenvalue weighted by molar-refractivity contribution is 6.34. The largest absolute Gasteiger partial charge is 0.378 e. The van der Waals surface area contributed by atoms with Gasteiger partial charge < -0.3 is 4.90 Å². The molecule has 0 saturated carbocycles. The standard InChI is InChI=1S/C16H15ClN4O4/c1-20(2)11-5-3-4-10(8-11)15(22)18-19-16(23)13-9-12(21(24)25)6-7-14(13)17/h3-9H,1-2H3,(H,18,22)(H,19,23). The van der Waals surface area contributed by atoms with Crippen molar-refractivity contribution in [2.24, 2.45) is 0 Å². The molecule has 8 nitrogen and oxygen atoms in total. The van der Waals surface area contributed by atoms with Gasteiger partial charge in [-0.05, 0) is 24.3 Å². The van der Waals surface area contributed by atoms with E-state index in [0.29, 0.717) is 5.56 Å². The molecule has 25 heavy (non-hydrogen) atoms. The van der Waals surface area contributed by atoms with Gasteiger partial charge in [-0.1, -0.05) is 17.7 Å². The van der Waals surface area contributed by atoms with Gasteiger partial charge in [-0.15, -0.1) is 0 Å². The van der Waals surface area contributed by atoms with Crippen LogP contribution in [-0.2, 0) is 0 Å². The summed E-state index contributed by atoms with van der Waals surface area (Å²) in [5.74, 6) is -1.29. The molecule has 0 spiro atoms. The Morgan fingerprint density at radius 3 is 2.40 bits per heavy atom. The first kappa shape index (κ1) is 18.2. The number of nitro groups is 1. The van der Waals surface area contributed by atoms with E-state index >= 15 is 0 Å². The summed E-state index contributed by atoms with van der Waals surface area (Å²) in [5.41, 5.74) is 5.22. The number of amides is 2. The minimum atomic E-state index is -0.759. The van der Waals surface area contributed by atoms with E-state index in [1.165, 1.54) is 12.1 Å². The highest BCUT2D eigenvalue weighted by atomic mass is 35.5. The summed E-state index contributed by atoms with van der Waals surface area (Å²) in [4.78, 5) is 36.2. The fourth-order valence-corrected chi connectivity index (χ4v) is 2.18. The summed E-state index contributed by atoms with van der Waals surface area (Å²) in [6.07, 6.45) is 0. The zero-order chi connectivity index (χ0) is 18.6. The zero-order valence-electron chi connectivity index (χ0n) is 13.4. The normalized spacial score (nSPS) is 10.0. The average Bonchev–Trinajstić information content (AvgIpc) is 2.59. The number of halogens is 1. The van der Waals surface area contributed by atoms with Crippen molar-refractivity contribution in [2.75, 3.05) is 19.0 Å². The molecule has 2 aromatic carbocycles. The topological polar surface area (TPSA) is 105 Å². The van der Waals surface area contributed by atoms with E-state index in [4.69, 9.17) is 11.6 Å².